The Bertz CT molecular complexity index is 1150. The standard InChI is InChI=1S/C18H13FN2O6S/c19-11-5-10(9-20)6-12(7-11)27-14-1-2-15(28(21,23)24)17-16(14)13(22)8-18(17)25-3-4-26-18/h1-2,5-7H,3-4,8H2,(H2,21,23,24). The summed E-state index contributed by atoms with van der Waals surface area (Å²) < 4.78 is 54.6. The Labute approximate surface area is 159 Å². The highest BCUT2D eigenvalue weighted by Gasteiger charge is 2.52. The number of ketones is 1. The van der Waals surface area contributed by atoms with E-state index in [-0.39, 0.29) is 52.7 Å². The van der Waals surface area contributed by atoms with Crippen LogP contribution in [0.4, 0.5) is 4.39 Å². The maximum atomic E-state index is 13.7. The Kier molecular flexibility index (Phi) is 4.20. The number of nitrogens with two attached hydrogens (primary N) is 1. The van der Waals surface area contributed by atoms with Gasteiger partial charge in [0.15, 0.2) is 5.78 Å². The van der Waals surface area contributed by atoms with Crippen LogP contribution in [0.15, 0.2) is 35.2 Å². The van der Waals surface area contributed by atoms with E-state index in [1.165, 1.54) is 18.2 Å². The van der Waals surface area contributed by atoms with E-state index in [9.17, 15) is 17.6 Å². The van der Waals surface area contributed by atoms with Crippen molar-refractivity contribution in [3.8, 4) is 17.6 Å². The van der Waals surface area contributed by atoms with Crippen LogP contribution in [0.25, 0.3) is 0 Å². The Morgan fingerprint density at radius 3 is 2.57 bits per heavy atom. The normalized spacial score (nSPS) is 17.5. The smallest absolute Gasteiger partial charge is 0.238 e. The lowest BCUT2D eigenvalue weighted by molar-refractivity contribution is -0.159. The molecule has 1 spiro atoms. The number of rotatable bonds is 3. The van der Waals surface area contributed by atoms with E-state index in [0.29, 0.717) is 0 Å². The quantitative estimate of drug-likeness (QED) is 0.827. The van der Waals surface area contributed by atoms with Gasteiger partial charge in [0, 0.05) is 11.6 Å². The van der Waals surface area contributed by atoms with Crippen LogP contribution in [0.5, 0.6) is 11.5 Å². The average Bonchev–Trinajstić information content (AvgIpc) is 3.19. The van der Waals surface area contributed by atoms with Crippen molar-refractivity contribution >= 4 is 15.8 Å². The third-order valence-corrected chi connectivity index (χ3v) is 5.42. The van der Waals surface area contributed by atoms with Crippen molar-refractivity contribution in [3.63, 3.8) is 0 Å². The summed E-state index contributed by atoms with van der Waals surface area (Å²) in [5, 5.41) is 14.3. The number of Topliss-reactive ketones (excluding diaryl/α,β-unsaturated/α-hetero) is 1. The third-order valence-electron chi connectivity index (χ3n) is 4.47. The minimum atomic E-state index is -4.19. The van der Waals surface area contributed by atoms with Gasteiger partial charge in [0.2, 0.25) is 15.8 Å². The fourth-order valence-corrected chi connectivity index (χ4v) is 4.24. The zero-order chi connectivity index (χ0) is 20.1. The van der Waals surface area contributed by atoms with Gasteiger partial charge in [-0.3, -0.25) is 4.79 Å². The average molecular weight is 404 g/mol. The van der Waals surface area contributed by atoms with Crippen LogP contribution in [0.1, 0.15) is 27.9 Å². The van der Waals surface area contributed by atoms with E-state index in [1.54, 1.807) is 6.07 Å². The Balaban J connectivity index is 1.90. The van der Waals surface area contributed by atoms with Crippen molar-refractivity contribution in [1.29, 1.82) is 5.26 Å². The summed E-state index contributed by atoms with van der Waals surface area (Å²) in [5.41, 5.74) is -0.0545. The van der Waals surface area contributed by atoms with Gasteiger partial charge in [-0.05, 0) is 24.3 Å². The highest BCUT2D eigenvalue weighted by atomic mass is 32.2. The molecule has 2 N–H and O–H groups in total. The second-order valence-corrected chi connectivity index (χ2v) is 7.83. The van der Waals surface area contributed by atoms with Crippen LogP contribution < -0.4 is 9.88 Å². The van der Waals surface area contributed by atoms with Crippen molar-refractivity contribution < 1.29 is 31.8 Å². The van der Waals surface area contributed by atoms with Gasteiger partial charge < -0.3 is 14.2 Å². The minimum absolute atomic E-state index is 0.0159. The molecule has 1 heterocycles. The first-order valence-electron chi connectivity index (χ1n) is 8.13. The number of hydrogen-bond acceptors (Lipinski definition) is 7. The molecule has 4 rings (SSSR count). The molecule has 10 heteroatoms. The lowest BCUT2D eigenvalue weighted by Gasteiger charge is -2.24. The first-order chi connectivity index (χ1) is 13.2. The van der Waals surface area contributed by atoms with E-state index in [2.05, 4.69) is 0 Å². The van der Waals surface area contributed by atoms with Crippen LogP contribution in [0.2, 0.25) is 0 Å². The molecule has 1 fully saturated rings. The number of carbonyl (C=O) groups excluding carboxylic acids is 1. The molecular weight excluding hydrogens is 391 g/mol. The van der Waals surface area contributed by atoms with E-state index < -0.39 is 27.4 Å². The maximum absolute atomic E-state index is 13.7. The van der Waals surface area contributed by atoms with Crippen molar-refractivity contribution in [2.45, 2.75) is 17.1 Å². The van der Waals surface area contributed by atoms with Crippen LogP contribution in [0, 0.1) is 17.1 Å². The number of sulfonamides is 1. The number of fused-ring (bicyclic) bond motifs is 2. The molecule has 0 saturated carbocycles. The van der Waals surface area contributed by atoms with Crippen LogP contribution in [-0.4, -0.2) is 27.4 Å². The van der Waals surface area contributed by atoms with E-state index >= 15 is 0 Å². The van der Waals surface area contributed by atoms with Crippen LogP contribution in [-0.2, 0) is 25.3 Å². The third kappa shape index (κ3) is 2.94. The van der Waals surface area contributed by atoms with Crippen molar-refractivity contribution in [2.24, 2.45) is 5.14 Å². The summed E-state index contributed by atoms with van der Waals surface area (Å²) in [6, 6.07) is 7.59. The summed E-state index contributed by atoms with van der Waals surface area (Å²) in [4.78, 5) is 12.4. The van der Waals surface area contributed by atoms with Crippen molar-refractivity contribution in [2.75, 3.05) is 13.2 Å². The molecule has 0 atom stereocenters. The summed E-state index contributed by atoms with van der Waals surface area (Å²) in [5.74, 6) is -2.75. The molecule has 1 saturated heterocycles. The van der Waals surface area contributed by atoms with Gasteiger partial charge in [-0.2, -0.15) is 5.26 Å². The Morgan fingerprint density at radius 2 is 1.93 bits per heavy atom. The summed E-state index contributed by atoms with van der Waals surface area (Å²) in [7, 11) is -4.19. The molecule has 2 aromatic carbocycles. The molecule has 1 aliphatic carbocycles. The van der Waals surface area contributed by atoms with Gasteiger partial charge in [-0.1, -0.05) is 0 Å². The van der Waals surface area contributed by atoms with E-state index in [1.807, 2.05) is 0 Å². The Morgan fingerprint density at radius 1 is 1.21 bits per heavy atom. The molecule has 0 bridgehead atoms. The molecule has 0 amide bonds. The van der Waals surface area contributed by atoms with E-state index in [0.717, 1.165) is 12.1 Å². The second kappa shape index (κ2) is 6.35. The highest BCUT2D eigenvalue weighted by molar-refractivity contribution is 7.89. The van der Waals surface area contributed by atoms with Crippen molar-refractivity contribution in [3.05, 3.63) is 52.8 Å². The SMILES string of the molecule is N#Cc1cc(F)cc(Oc2ccc(S(N)(=O)=O)c3c2C(=O)CC32OCCO2)c1. The number of carbonyl (C=O) groups is 1. The zero-order valence-corrected chi connectivity index (χ0v) is 15.1. The summed E-state index contributed by atoms with van der Waals surface area (Å²) >= 11 is 0. The Hall–Kier alpha value is -2.84. The fraction of sp³-hybridized carbons (Fsp3) is 0.222. The molecular formula is C18H13FN2O6S. The molecule has 0 unspecified atom stereocenters. The van der Waals surface area contributed by atoms with Gasteiger partial charge in [-0.25, -0.2) is 17.9 Å². The molecule has 8 nitrogen and oxygen atoms in total. The topological polar surface area (TPSA) is 129 Å². The molecule has 144 valence electrons. The molecule has 0 radical (unpaired) electrons. The van der Waals surface area contributed by atoms with Crippen LogP contribution >= 0.6 is 0 Å². The van der Waals surface area contributed by atoms with Crippen LogP contribution in [0.3, 0.4) is 0 Å². The lowest BCUT2D eigenvalue weighted by atomic mass is 10.1. The van der Waals surface area contributed by atoms with Gasteiger partial charge >= 0.3 is 0 Å². The largest absolute Gasteiger partial charge is 0.456 e. The minimum Gasteiger partial charge on any atom is -0.456 e. The molecule has 0 aromatic heterocycles. The number of primary sulfonamides is 1. The van der Waals surface area contributed by atoms with Gasteiger partial charge in [0.1, 0.15) is 17.3 Å². The van der Waals surface area contributed by atoms with Gasteiger partial charge in [-0.15, -0.1) is 0 Å². The van der Waals surface area contributed by atoms with E-state index in [4.69, 9.17) is 24.6 Å². The van der Waals surface area contributed by atoms with Crippen molar-refractivity contribution in [1.82, 2.24) is 0 Å². The maximum Gasteiger partial charge on any atom is 0.238 e. The molecule has 28 heavy (non-hydrogen) atoms. The number of halogens is 1. The predicted molar refractivity (Wildman–Crippen MR) is 91.5 cm³/mol. The summed E-state index contributed by atoms with van der Waals surface area (Å²) in [6.07, 6.45) is -0.238. The summed E-state index contributed by atoms with van der Waals surface area (Å²) in [6.45, 7) is 0.356. The number of benzene rings is 2. The molecule has 1 aliphatic heterocycles. The number of nitrogens with zero attached hydrogens (tertiary/aromatic N) is 1. The number of nitriles is 1. The number of hydrogen-bond donors (Lipinski definition) is 1. The fourth-order valence-electron chi connectivity index (χ4n) is 3.44. The zero-order valence-electron chi connectivity index (χ0n) is 14.3. The number of ether oxygens (including phenoxy) is 3. The van der Waals surface area contributed by atoms with Gasteiger partial charge in [0.05, 0.1) is 41.7 Å². The first-order valence-corrected chi connectivity index (χ1v) is 9.68. The second-order valence-electron chi connectivity index (χ2n) is 6.30. The molecule has 2 aromatic rings. The highest BCUT2D eigenvalue weighted by Crippen LogP contribution is 2.49. The predicted octanol–water partition coefficient (Wildman–Crippen LogP) is 1.92. The lowest BCUT2D eigenvalue weighted by Crippen LogP contribution is -2.28. The monoisotopic (exact) mass is 404 g/mol. The molecule has 2 aliphatic rings. The first kappa shape index (κ1) is 18.5. The van der Waals surface area contributed by atoms with Gasteiger partial charge in [0.25, 0.3) is 0 Å².